The number of nitrogens with one attached hydrogen (secondary N) is 3. The Hall–Kier alpha value is -5.86. The number of carboxylic acid groups (broad SMARTS) is 1. The van der Waals surface area contributed by atoms with E-state index in [0.717, 1.165) is 36.3 Å². The number of hydrogen-bond acceptors (Lipinski definition) is 9. The van der Waals surface area contributed by atoms with Crippen LogP contribution in [0.3, 0.4) is 0 Å². The minimum Gasteiger partial charge on any atom is -0.478 e. The second-order valence-corrected chi connectivity index (χ2v) is 14.4. The number of pyridine rings is 1. The van der Waals surface area contributed by atoms with Gasteiger partial charge < -0.3 is 35.7 Å². The van der Waals surface area contributed by atoms with E-state index in [4.69, 9.17) is 15.5 Å². The molecule has 0 aliphatic carbocycles. The zero-order valence-corrected chi connectivity index (χ0v) is 32.2. The Morgan fingerprint density at radius 2 is 1.56 bits per heavy atom. The Kier molecular flexibility index (Phi) is 13.2. The van der Waals surface area contributed by atoms with Crippen LogP contribution in [0.15, 0.2) is 66.7 Å². The molecule has 14 heteroatoms. The standard InChI is InChI=1S/C41H50N8O6/c1-7-8-9-33-46-35-36(49(33)22-27-12-10-26(11-13-27)21-48(5)6)31-19-16-29(40(52)53)20-32(31)45-37(35)47-41(54)55-23-28-14-17-30(18-15-28)44-38(50)25(4)43-39(51)34(42)24(2)3/h10-20,24-25,34H,7-9,21-23,42H2,1-6H3,(H,43,51)(H,44,50)(H,52,53)(H,45,47,54). The second kappa shape index (κ2) is 18.0. The first-order valence-electron chi connectivity index (χ1n) is 18.4. The van der Waals surface area contributed by atoms with E-state index in [1.807, 2.05) is 27.9 Å². The van der Waals surface area contributed by atoms with Gasteiger partial charge in [0.15, 0.2) is 5.82 Å². The minimum atomic E-state index is -1.09. The maximum absolute atomic E-state index is 13.3. The normalized spacial score (nSPS) is 12.5. The third-order valence-electron chi connectivity index (χ3n) is 9.20. The van der Waals surface area contributed by atoms with Crippen molar-refractivity contribution >= 4 is 57.3 Å². The number of aromatic carboxylic acids is 1. The summed E-state index contributed by atoms with van der Waals surface area (Å²) in [4.78, 5) is 61.9. The van der Waals surface area contributed by atoms with Crippen LogP contribution in [0.4, 0.5) is 16.3 Å². The number of ether oxygens (including phenoxy) is 1. The van der Waals surface area contributed by atoms with Crippen molar-refractivity contribution in [3.8, 4) is 0 Å². The molecule has 5 rings (SSSR count). The van der Waals surface area contributed by atoms with Gasteiger partial charge in [-0.3, -0.25) is 14.9 Å². The number of carbonyl (C=O) groups excluding carboxylic acids is 3. The van der Waals surface area contributed by atoms with Gasteiger partial charge in [-0.15, -0.1) is 0 Å². The number of carboxylic acids is 1. The van der Waals surface area contributed by atoms with Crippen LogP contribution in [0.2, 0.25) is 0 Å². The molecule has 2 aromatic heterocycles. The van der Waals surface area contributed by atoms with Crippen LogP contribution in [-0.4, -0.2) is 74.6 Å². The Morgan fingerprint density at radius 1 is 0.891 bits per heavy atom. The fraction of sp³-hybridized carbons (Fsp3) is 0.366. The van der Waals surface area contributed by atoms with Gasteiger partial charge in [-0.1, -0.05) is 63.6 Å². The molecule has 55 heavy (non-hydrogen) atoms. The predicted molar refractivity (Wildman–Crippen MR) is 213 cm³/mol. The van der Waals surface area contributed by atoms with E-state index in [2.05, 4.69) is 61.6 Å². The molecule has 0 bridgehead atoms. The molecule has 14 nitrogen and oxygen atoms in total. The summed E-state index contributed by atoms with van der Waals surface area (Å²) in [7, 11) is 4.06. The molecule has 290 valence electrons. The van der Waals surface area contributed by atoms with Gasteiger partial charge in [0.25, 0.3) is 0 Å². The van der Waals surface area contributed by atoms with Crippen molar-refractivity contribution in [1.29, 1.82) is 0 Å². The first-order chi connectivity index (χ1) is 26.2. The minimum absolute atomic E-state index is 0.0656. The summed E-state index contributed by atoms with van der Waals surface area (Å²) in [5.41, 5.74) is 11.0. The van der Waals surface area contributed by atoms with Crippen molar-refractivity contribution in [1.82, 2.24) is 24.8 Å². The third kappa shape index (κ3) is 10.2. The molecule has 0 spiro atoms. The van der Waals surface area contributed by atoms with Crippen molar-refractivity contribution in [2.24, 2.45) is 11.7 Å². The monoisotopic (exact) mass is 750 g/mol. The molecule has 0 saturated carbocycles. The molecule has 2 atom stereocenters. The number of aromatic nitrogens is 3. The van der Waals surface area contributed by atoms with Crippen LogP contribution in [0, 0.1) is 5.92 Å². The molecule has 0 aliphatic heterocycles. The van der Waals surface area contributed by atoms with Crippen molar-refractivity contribution < 1.29 is 29.0 Å². The van der Waals surface area contributed by atoms with Gasteiger partial charge in [0.2, 0.25) is 11.8 Å². The molecule has 2 unspecified atom stereocenters. The summed E-state index contributed by atoms with van der Waals surface area (Å²) in [5, 5.41) is 18.6. The highest BCUT2D eigenvalue weighted by Crippen LogP contribution is 2.32. The van der Waals surface area contributed by atoms with Crippen molar-refractivity contribution in [2.75, 3.05) is 24.7 Å². The lowest BCUT2D eigenvalue weighted by Gasteiger charge is -2.19. The number of unbranched alkanes of at least 4 members (excludes halogenated alkanes) is 1. The lowest BCUT2D eigenvalue weighted by Crippen LogP contribution is -2.50. The van der Waals surface area contributed by atoms with Crippen LogP contribution in [0.25, 0.3) is 21.9 Å². The van der Waals surface area contributed by atoms with Gasteiger partial charge in [0.1, 0.15) is 24.0 Å². The first kappa shape index (κ1) is 40.3. The van der Waals surface area contributed by atoms with E-state index in [9.17, 15) is 24.3 Å². The molecular weight excluding hydrogens is 701 g/mol. The summed E-state index contributed by atoms with van der Waals surface area (Å²) in [5.74, 6) is -0.994. The molecule has 3 amide bonds. The van der Waals surface area contributed by atoms with E-state index in [0.29, 0.717) is 40.6 Å². The summed E-state index contributed by atoms with van der Waals surface area (Å²) < 4.78 is 7.69. The Balaban J connectivity index is 1.36. The number of nitrogens with two attached hydrogens (primary N) is 1. The van der Waals surface area contributed by atoms with Crippen LogP contribution in [0.5, 0.6) is 0 Å². The van der Waals surface area contributed by atoms with Crippen molar-refractivity contribution in [2.45, 2.75) is 78.7 Å². The maximum Gasteiger partial charge on any atom is 0.413 e. The van der Waals surface area contributed by atoms with E-state index in [1.165, 1.54) is 11.6 Å². The average molecular weight is 751 g/mol. The molecular formula is C41H50N8O6. The molecule has 2 heterocycles. The Morgan fingerprint density at radius 3 is 2.20 bits per heavy atom. The lowest BCUT2D eigenvalue weighted by atomic mass is 10.0. The largest absolute Gasteiger partial charge is 0.478 e. The van der Waals surface area contributed by atoms with Crippen LogP contribution >= 0.6 is 0 Å². The van der Waals surface area contributed by atoms with Crippen LogP contribution < -0.4 is 21.7 Å². The molecule has 3 aromatic carbocycles. The maximum atomic E-state index is 13.3. The summed E-state index contributed by atoms with van der Waals surface area (Å²) >= 11 is 0. The number of carbonyl (C=O) groups is 4. The van der Waals surface area contributed by atoms with Crippen LogP contribution in [-0.2, 0) is 40.4 Å². The van der Waals surface area contributed by atoms with Gasteiger partial charge in [0.05, 0.1) is 22.6 Å². The summed E-state index contributed by atoms with van der Waals surface area (Å²) in [6.45, 7) is 8.59. The molecule has 0 aliphatic rings. The van der Waals surface area contributed by atoms with Gasteiger partial charge in [-0.05, 0) is 80.4 Å². The summed E-state index contributed by atoms with van der Waals surface area (Å²) in [6.07, 6.45) is 1.78. The quantitative estimate of drug-likeness (QED) is 0.0810. The number of benzene rings is 3. The molecule has 5 aromatic rings. The Labute approximate surface area is 320 Å². The second-order valence-electron chi connectivity index (χ2n) is 14.4. The lowest BCUT2D eigenvalue weighted by molar-refractivity contribution is -0.127. The van der Waals surface area contributed by atoms with Gasteiger partial charge in [-0.25, -0.2) is 19.6 Å². The topological polar surface area (TPSA) is 194 Å². The number of anilines is 2. The van der Waals surface area contributed by atoms with E-state index < -0.39 is 36.0 Å². The first-order valence-corrected chi connectivity index (χ1v) is 18.4. The SMILES string of the molecule is CCCCc1nc2c(NC(=O)OCc3ccc(NC(=O)C(C)NC(=O)C(N)C(C)C)cc3)nc3cc(C(=O)O)ccc3c2n1Cc1ccc(CN(C)C)cc1. The molecule has 0 saturated heterocycles. The number of nitrogens with zero attached hydrogens (tertiary/aromatic N) is 4. The van der Waals surface area contributed by atoms with Gasteiger partial charge in [-0.2, -0.15) is 0 Å². The zero-order valence-electron chi connectivity index (χ0n) is 32.2. The van der Waals surface area contributed by atoms with E-state index in [1.54, 1.807) is 43.3 Å². The highest BCUT2D eigenvalue weighted by molar-refractivity contribution is 6.10. The number of fused-ring (bicyclic) bond motifs is 3. The zero-order chi connectivity index (χ0) is 39.8. The fourth-order valence-electron chi connectivity index (χ4n) is 6.04. The molecule has 0 fully saturated rings. The third-order valence-corrected chi connectivity index (χ3v) is 9.20. The van der Waals surface area contributed by atoms with Gasteiger partial charge in [0, 0.05) is 30.6 Å². The van der Waals surface area contributed by atoms with E-state index >= 15 is 0 Å². The molecule has 6 N–H and O–H groups in total. The fourth-order valence-corrected chi connectivity index (χ4v) is 6.04. The van der Waals surface area contributed by atoms with Crippen molar-refractivity contribution in [3.63, 3.8) is 0 Å². The molecule has 0 radical (unpaired) electrons. The highest BCUT2D eigenvalue weighted by atomic mass is 16.5. The summed E-state index contributed by atoms with van der Waals surface area (Å²) in [6, 6.07) is 18.4. The Bertz CT molecular complexity index is 2160. The smallest absolute Gasteiger partial charge is 0.413 e. The highest BCUT2D eigenvalue weighted by Gasteiger charge is 2.23. The number of aryl methyl sites for hydroxylation is 1. The number of hydrogen-bond donors (Lipinski definition) is 5. The van der Waals surface area contributed by atoms with Gasteiger partial charge >= 0.3 is 12.1 Å². The number of rotatable bonds is 16. The predicted octanol–water partition coefficient (Wildman–Crippen LogP) is 5.91. The van der Waals surface area contributed by atoms with Crippen molar-refractivity contribution in [3.05, 3.63) is 94.8 Å². The number of amides is 3. The van der Waals surface area contributed by atoms with E-state index in [-0.39, 0.29) is 23.9 Å². The average Bonchev–Trinajstić information content (AvgIpc) is 3.51. The van der Waals surface area contributed by atoms with Crippen LogP contribution in [0.1, 0.15) is 73.4 Å². The number of imidazole rings is 1.